The maximum absolute atomic E-state index is 12.6. The lowest BCUT2D eigenvalue weighted by Gasteiger charge is -2.14. The molecule has 0 heterocycles. The lowest BCUT2D eigenvalue weighted by atomic mass is 10.1. The number of carbonyl (C=O) groups is 1. The zero-order chi connectivity index (χ0) is 23.8. The van der Waals surface area contributed by atoms with Crippen LogP contribution < -0.4 is 14.8 Å². The third kappa shape index (κ3) is 6.95. The van der Waals surface area contributed by atoms with Gasteiger partial charge in [-0.3, -0.25) is 4.79 Å². The van der Waals surface area contributed by atoms with Gasteiger partial charge in [0.2, 0.25) is 0 Å². The molecule has 1 N–H and O–H groups in total. The first-order valence-corrected chi connectivity index (χ1v) is 12.4. The van der Waals surface area contributed by atoms with Gasteiger partial charge >= 0.3 is 0 Å². The highest BCUT2D eigenvalue weighted by Crippen LogP contribution is 2.35. The molecule has 0 spiro atoms. The number of anilines is 1. The van der Waals surface area contributed by atoms with E-state index in [1.165, 1.54) is 5.56 Å². The van der Waals surface area contributed by atoms with Crippen LogP contribution in [0.3, 0.4) is 0 Å². The van der Waals surface area contributed by atoms with E-state index in [0.29, 0.717) is 29.4 Å². The van der Waals surface area contributed by atoms with Crippen molar-refractivity contribution in [1.29, 1.82) is 5.26 Å². The SMILES string of the molecule is CCc1ccc(NC(=O)/C(C#N)=C/c2cc(I)c(OCc3ccc(I)cc3)c(OC)c2)cc1. The molecule has 3 aromatic rings. The smallest absolute Gasteiger partial charge is 0.266 e. The number of nitrogens with one attached hydrogen (secondary N) is 1. The van der Waals surface area contributed by atoms with Crippen LogP contribution in [0.25, 0.3) is 6.08 Å². The van der Waals surface area contributed by atoms with Gasteiger partial charge in [-0.2, -0.15) is 5.26 Å². The average molecular weight is 664 g/mol. The van der Waals surface area contributed by atoms with E-state index in [9.17, 15) is 10.1 Å². The van der Waals surface area contributed by atoms with Gasteiger partial charge in [-0.25, -0.2) is 0 Å². The second-order valence-electron chi connectivity index (χ2n) is 7.12. The molecule has 0 saturated carbocycles. The summed E-state index contributed by atoms with van der Waals surface area (Å²) < 4.78 is 13.5. The van der Waals surface area contributed by atoms with Crippen LogP contribution in [0.2, 0.25) is 0 Å². The summed E-state index contributed by atoms with van der Waals surface area (Å²) in [6.07, 6.45) is 2.46. The Balaban J connectivity index is 1.79. The van der Waals surface area contributed by atoms with E-state index in [0.717, 1.165) is 19.1 Å². The van der Waals surface area contributed by atoms with Gasteiger partial charge in [0, 0.05) is 9.26 Å². The Morgan fingerprint density at radius 3 is 2.33 bits per heavy atom. The number of hydrogen-bond acceptors (Lipinski definition) is 4. The van der Waals surface area contributed by atoms with Crippen LogP contribution in [0.15, 0.2) is 66.2 Å². The lowest BCUT2D eigenvalue weighted by molar-refractivity contribution is -0.112. The summed E-state index contributed by atoms with van der Waals surface area (Å²) in [6.45, 7) is 2.47. The second-order valence-corrected chi connectivity index (χ2v) is 9.53. The number of benzene rings is 3. The first-order chi connectivity index (χ1) is 15.9. The number of rotatable bonds is 8. The van der Waals surface area contributed by atoms with Gasteiger partial charge in [-0.1, -0.05) is 31.2 Å². The van der Waals surface area contributed by atoms with Gasteiger partial charge in [0.1, 0.15) is 18.2 Å². The van der Waals surface area contributed by atoms with Crippen molar-refractivity contribution < 1.29 is 14.3 Å². The Kier molecular flexibility index (Phi) is 9.14. The molecule has 0 aliphatic heterocycles. The third-order valence-electron chi connectivity index (χ3n) is 4.84. The van der Waals surface area contributed by atoms with E-state index in [4.69, 9.17) is 9.47 Å². The van der Waals surface area contributed by atoms with E-state index in [-0.39, 0.29) is 5.57 Å². The van der Waals surface area contributed by atoms with Gasteiger partial charge in [0.15, 0.2) is 11.5 Å². The highest BCUT2D eigenvalue weighted by atomic mass is 127. The monoisotopic (exact) mass is 664 g/mol. The van der Waals surface area contributed by atoms with Crippen LogP contribution in [-0.4, -0.2) is 13.0 Å². The number of aryl methyl sites for hydroxylation is 1. The van der Waals surface area contributed by atoms with Gasteiger partial charge in [0.05, 0.1) is 10.7 Å². The van der Waals surface area contributed by atoms with E-state index < -0.39 is 5.91 Å². The fourth-order valence-corrected chi connectivity index (χ4v) is 4.18. The van der Waals surface area contributed by atoms with Crippen LogP contribution >= 0.6 is 45.2 Å². The number of halogens is 2. The maximum atomic E-state index is 12.6. The first kappa shape index (κ1) is 25.1. The van der Waals surface area contributed by atoms with Crippen LogP contribution in [0.5, 0.6) is 11.5 Å². The first-order valence-electron chi connectivity index (χ1n) is 10.2. The summed E-state index contributed by atoms with van der Waals surface area (Å²) >= 11 is 4.43. The average Bonchev–Trinajstić information content (AvgIpc) is 2.83. The largest absolute Gasteiger partial charge is 0.493 e. The molecule has 0 aliphatic carbocycles. The molecule has 0 aromatic heterocycles. The van der Waals surface area contributed by atoms with E-state index in [2.05, 4.69) is 57.4 Å². The molecule has 0 radical (unpaired) electrons. The lowest BCUT2D eigenvalue weighted by Crippen LogP contribution is -2.13. The summed E-state index contributed by atoms with van der Waals surface area (Å²) in [5, 5.41) is 12.3. The Hall–Kier alpha value is -2.58. The van der Waals surface area contributed by atoms with E-state index >= 15 is 0 Å². The maximum Gasteiger partial charge on any atom is 0.266 e. The highest BCUT2D eigenvalue weighted by Gasteiger charge is 2.14. The molecule has 3 aromatic carbocycles. The highest BCUT2D eigenvalue weighted by molar-refractivity contribution is 14.1. The Morgan fingerprint density at radius 1 is 1.06 bits per heavy atom. The molecule has 168 valence electrons. The normalized spacial score (nSPS) is 10.9. The summed E-state index contributed by atoms with van der Waals surface area (Å²) in [5.41, 5.74) is 3.54. The molecule has 0 saturated heterocycles. The third-order valence-corrected chi connectivity index (χ3v) is 6.36. The summed E-state index contributed by atoms with van der Waals surface area (Å²) in [6, 6.07) is 21.3. The second kappa shape index (κ2) is 12.0. The molecule has 0 bridgehead atoms. The zero-order valence-electron chi connectivity index (χ0n) is 18.2. The molecule has 5 nitrogen and oxygen atoms in total. The fourth-order valence-electron chi connectivity index (χ4n) is 3.04. The van der Waals surface area contributed by atoms with Crippen molar-refractivity contribution >= 4 is 62.9 Å². The molecule has 0 atom stereocenters. The van der Waals surface area contributed by atoms with Crippen molar-refractivity contribution in [3.8, 4) is 17.6 Å². The number of carbonyl (C=O) groups excluding carboxylic acids is 1. The Morgan fingerprint density at radius 2 is 1.73 bits per heavy atom. The molecule has 0 fully saturated rings. The zero-order valence-corrected chi connectivity index (χ0v) is 22.5. The summed E-state index contributed by atoms with van der Waals surface area (Å²) in [7, 11) is 1.56. The molecule has 7 heteroatoms. The summed E-state index contributed by atoms with van der Waals surface area (Å²) in [4.78, 5) is 12.6. The molecule has 0 unspecified atom stereocenters. The predicted molar refractivity (Wildman–Crippen MR) is 147 cm³/mol. The topological polar surface area (TPSA) is 71.4 Å². The van der Waals surface area contributed by atoms with Crippen molar-refractivity contribution in [3.63, 3.8) is 0 Å². The molecular weight excluding hydrogens is 642 g/mol. The number of nitrogens with zero attached hydrogens (tertiary/aromatic N) is 1. The fraction of sp³-hybridized carbons (Fsp3) is 0.154. The van der Waals surface area contributed by atoms with Crippen molar-refractivity contribution in [2.24, 2.45) is 0 Å². The molecule has 3 rings (SSSR count). The van der Waals surface area contributed by atoms with E-state index in [1.54, 1.807) is 19.3 Å². The van der Waals surface area contributed by atoms with Gasteiger partial charge in [-0.15, -0.1) is 0 Å². The predicted octanol–water partition coefficient (Wildman–Crippen LogP) is 6.59. The van der Waals surface area contributed by atoms with Crippen molar-refractivity contribution in [3.05, 3.63) is 90.1 Å². The number of ether oxygens (including phenoxy) is 2. The van der Waals surface area contributed by atoms with Crippen molar-refractivity contribution in [1.82, 2.24) is 0 Å². The van der Waals surface area contributed by atoms with Crippen LogP contribution in [-0.2, 0) is 17.8 Å². The summed E-state index contributed by atoms with van der Waals surface area (Å²) in [5.74, 6) is 0.689. The number of nitriles is 1. The van der Waals surface area contributed by atoms with Gasteiger partial charge in [0.25, 0.3) is 5.91 Å². The standard InChI is InChI=1S/C26H22I2N2O3/c1-3-17-6-10-22(11-7-17)30-26(31)20(15-29)12-19-13-23(28)25(24(14-19)32-2)33-16-18-4-8-21(27)9-5-18/h4-14H,3,16H2,1-2H3,(H,30,31)/b20-12+. The molecular formula is C26H22I2N2O3. The van der Waals surface area contributed by atoms with Gasteiger partial charge in [-0.05, 0) is 111 Å². The number of amides is 1. The Labute approximate surface area is 221 Å². The molecule has 1 amide bonds. The minimum atomic E-state index is -0.463. The quantitative estimate of drug-likeness (QED) is 0.168. The minimum absolute atomic E-state index is 0.0000204. The van der Waals surface area contributed by atoms with E-state index in [1.807, 2.05) is 60.7 Å². The van der Waals surface area contributed by atoms with Crippen LogP contribution in [0.1, 0.15) is 23.6 Å². The number of methoxy groups -OCH3 is 1. The van der Waals surface area contributed by atoms with Gasteiger partial charge < -0.3 is 14.8 Å². The van der Waals surface area contributed by atoms with Crippen molar-refractivity contribution in [2.75, 3.05) is 12.4 Å². The van der Waals surface area contributed by atoms with Crippen LogP contribution in [0.4, 0.5) is 5.69 Å². The minimum Gasteiger partial charge on any atom is -0.493 e. The Bertz CT molecular complexity index is 1200. The van der Waals surface area contributed by atoms with Crippen molar-refractivity contribution in [2.45, 2.75) is 20.0 Å². The van der Waals surface area contributed by atoms with Crippen LogP contribution in [0, 0.1) is 18.5 Å². The molecule has 0 aliphatic rings. The molecule has 33 heavy (non-hydrogen) atoms. The number of hydrogen-bond donors (Lipinski definition) is 1.